The van der Waals surface area contributed by atoms with Gasteiger partial charge in [0.05, 0.1) is 22.2 Å². The molecule has 2 aromatic rings. The molecule has 0 spiro atoms. The van der Waals surface area contributed by atoms with Gasteiger partial charge in [0.2, 0.25) is 0 Å². The SMILES string of the molecule is Cc1nc(CNC(=O)c2cc(Cl)ncc2[N+](=O)[O-])cs1. The number of aryl methyl sites for hydroxylation is 1. The van der Waals surface area contributed by atoms with Gasteiger partial charge in [0.25, 0.3) is 11.6 Å². The summed E-state index contributed by atoms with van der Waals surface area (Å²) in [6.45, 7) is 2.05. The van der Waals surface area contributed by atoms with E-state index in [9.17, 15) is 14.9 Å². The number of rotatable bonds is 4. The monoisotopic (exact) mass is 312 g/mol. The van der Waals surface area contributed by atoms with Crippen LogP contribution in [0.3, 0.4) is 0 Å². The first-order chi connectivity index (χ1) is 9.47. The zero-order valence-corrected chi connectivity index (χ0v) is 11.9. The summed E-state index contributed by atoms with van der Waals surface area (Å²) in [6.07, 6.45) is 0.963. The molecule has 0 fully saturated rings. The van der Waals surface area contributed by atoms with Crippen LogP contribution in [0, 0.1) is 17.0 Å². The van der Waals surface area contributed by atoms with Gasteiger partial charge in [-0.25, -0.2) is 9.97 Å². The van der Waals surface area contributed by atoms with Gasteiger partial charge in [-0.1, -0.05) is 11.6 Å². The Morgan fingerprint density at radius 2 is 2.35 bits per heavy atom. The fraction of sp³-hybridized carbons (Fsp3) is 0.182. The predicted octanol–water partition coefficient (Wildman–Crippen LogP) is 2.34. The molecule has 0 radical (unpaired) electrons. The summed E-state index contributed by atoms with van der Waals surface area (Å²) in [6, 6.07) is 1.17. The predicted molar refractivity (Wildman–Crippen MR) is 73.9 cm³/mol. The lowest BCUT2D eigenvalue weighted by atomic mass is 10.2. The molecule has 0 aliphatic rings. The van der Waals surface area contributed by atoms with E-state index in [0.717, 1.165) is 11.2 Å². The summed E-state index contributed by atoms with van der Waals surface area (Å²) in [4.78, 5) is 29.9. The van der Waals surface area contributed by atoms with Crippen LogP contribution in [-0.4, -0.2) is 20.8 Å². The van der Waals surface area contributed by atoms with Crippen molar-refractivity contribution in [2.45, 2.75) is 13.5 Å². The van der Waals surface area contributed by atoms with Crippen LogP contribution in [0.1, 0.15) is 21.1 Å². The Balaban J connectivity index is 2.16. The van der Waals surface area contributed by atoms with Crippen LogP contribution in [-0.2, 0) is 6.54 Å². The van der Waals surface area contributed by atoms with E-state index >= 15 is 0 Å². The van der Waals surface area contributed by atoms with Gasteiger partial charge in [0, 0.05) is 5.38 Å². The number of amides is 1. The van der Waals surface area contributed by atoms with Crippen molar-refractivity contribution in [3.05, 3.63) is 49.2 Å². The molecular formula is C11H9ClN4O3S. The Morgan fingerprint density at radius 3 is 2.95 bits per heavy atom. The van der Waals surface area contributed by atoms with Crippen molar-refractivity contribution in [2.24, 2.45) is 0 Å². The normalized spacial score (nSPS) is 10.3. The van der Waals surface area contributed by atoms with Crippen LogP contribution in [0.4, 0.5) is 5.69 Å². The average Bonchev–Trinajstić information content (AvgIpc) is 2.81. The lowest BCUT2D eigenvalue weighted by Gasteiger charge is -2.04. The second-order valence-corrected chi connectivity index (χ2v) is 5.27. The quantitative estimate of drug-likeness (QED) is 0.531. The highest BCUT2D eigenvalue weighted by Crippen LogP contribution is 2.20. The van der Waals surface area contributed by atoms with E-state index in [1.54, 1.807) is 0 Å². The van der Waals surface area contributed by atoms with E-state index in [-0.39, 0.29) is 22.9 Å². The van der Waals surface area contributed by atoms with Crippen molar-refractivity contribution >= 4 is 34.5 Å². The Labute approximate surface area is 122 Å². The van der Waals surface area contributed by atoms with Gasteiger partial charge in [-0.05, 0) is 13.0 Å². The number of carbonyl (C=O) groups excluding carboxylic acids is 1. The number of hydrogen-bond donors (Lipinski definition) is 1. The van der Waals surface area contributed by atoms with E-state index in [2.05, 4.69) is 15.3 Å². The maximum Gasteiger partial charge on any atom is 0.300 e. The van der Waals surface area contributed by atoms with Crippen molar-refractivity contribution in [1.29, 1.82) is 0 Å². The third kappa shape index (κ3) is 3.28. The lowest BCUT2D eigenvalue weighted by Crippen LogP contribution is -2.24. The molecule has 2 heterocycles. The Bertz CT molecular complexity index is 673. The molecule has 1 N–H and O–H groups in total. The van der Waals surface area contributed by atoms with Crippen LogP contribution in [0.2, 0.25) is 5.15 Å². The minimum atomic E-state index is -0.675. The molecular weight excluding hydrogens is 304 g/mol. The summed E-state index contributed by atoms with van der Waals surface area (Å²) in [7, 11) is 0. The summed E-state index contributed by atoms with van der Waals surface area (Å²) < 4.78 is 0. The average molecular weight is 313 g/mol. The van der Waals surface area contributed by atoms with Gasteiger partial charge in [0.1, 0.15) is 16.9 Å². The number of carbonyl (C=O) groups is 1. The fourth-order valence-electron chi connectivity index (χ4n) is 1.51. The number of aromatic nitrogens is 2. The van der Waals surface area contributed by atoms with Gasteiger partial charge >= 0.3 is 0 Å². The molecule has 0 atom stereocenters. The third-order valence-corrected chi connectivity index (χ3v) is 3.42. The molecule has 2 aromatic heterocycles. The molecule has 0 saturated heterocycles. The first-order valence-electron chi connectivity index (χ1n) is 5.46. The maximum atomic E-state index is 12.0. The van der Waals surface area contributed by atoms with Crippen molar-refractivity contribution in [1.82, 2.24) is 15.3 Å². The van der Waals surface area contributed by atoms with E-state index in [1.807, 2.05) is 12.3 Å². The van der Waals surface area contributed by atoms with E-state index < -0.39 is 10.8 Å². The first-order valence-corrected chi connectivity index (χ1v) is 6.72. The standard InChI is InChI=1S/C11H9ClN4O3S/c1-6-15-7(5-20-6)3-14-11(17)8-2-10(12)13-4-9(8)16(18)19/h2,4-5H,3H2,1H3,(H,14,17). The number of nitrogens with one attached hydrogen (secondary N) is 1. The number of thiazole rings is 1. The molecule has 104 valence electrons. The molecule has 0 aliphatic heterocycles. The molecule has 20 heavy (non-hydrogen) atoms. The van der Waals surface area contributed by atoms with Crippen LogP contribution in [0.25, 0.3) is 0 Å². The second kappa shape index (κ2) is 5.93. The molecule has 0 saturated carbocycles. The zero-order valence-electron chi connectivity index (χ0n) is 10.3. The smallest absolute Gasteiger partial charge is 0.300 e. The van der Waals surface area contributed by atoms with Gasteiger partial charge in [-0.3, -0.25) is 14.9 Å². The van der Waals surface area contributed by atoms with E-state index in [1.165, 1.54) is 17.4 Å². The molecule has 0 aliphatic carbocycles. The summed E-state index contributed by atoms with van der Waals surface area (Å²) >= 11 is 7.12. The van der Waals surface area contributed by atoms with Crippen molar-refractivity contribution in [3.8, 4) is 0 Å². The molecule has 0 aromatic carbocycles. The largest absolute Gasteiger partial charge is 0.346 e. The second-order valence-electron chi connectivity index (χ2n) is 3.82. The Morgan fingerprint density at radius 1 is 1.60 bits per heavy atom. The fourth-order valence-corrected chi connectivity index (χ4v) is 2.28. The zero-order chi connectivity index (χ0) is 14.7. The molecule has 0 unspecified atom stereocenters. The summed E-state index contributed by atoms with van der Waals surface area (Å²) in [5, 5.41) is 16.1. The number of nitrogens with zero attached hydrogens (tertiary/aromatic N) is 3. The van der Waals surface area contributed by atoms with Crippen LogP contribution < -0.4 is 5.32 Å². The Hall–Kier alpha value is -2.06. The Kier molecular flexibility index (Phi) is 4.26. The lowest BCUT2D eigenvalue weighted by molar-refractivity contribution is -0.385. The number of halogens is 1. The topological polar surface area (TPSA) is 98.0 Å². The van der Waals surface area contributed by atoms with Crippen molar-refractivity contribution in [2.75, 3.05) is 0 Å². The molecule has 9 heteroatoms. The highest BCUT2D eigenvalue weighted by Gasteiger charge is 2.21. The van der Waals surface area contributed by atoms with E-state index in [4.69, 9.17) is 11.6 Å². The van der Waals surface area contributed by atoms with Crippen LogP contribution in [0.15, 0.2) is 17.6 Å². The van der Waals surface area contributed by atoms with E-state index in [0.29, 0.717) is 5.69 Å². The van der Waals surface area contributed by atoms with Crippen molar-refractivity contribution in [3.63, 3.8) is 0 Å². The van der Waals surface area contributed by atoms with Gasteiger partial charge in [-0.2, -0.15) is 0 Å². The molecule has 0 bridgehead atoms. The molecule has 7 nitrogen and oxygen atoms in total. The molecule has 1 amide bonds. The highest BCUT2D eigenvalue weighted by molar-refractivity contribution is 7.09. The van der Waals surface area contributed by atoms with Crippen LogP contribution in [0.5, 0.6) is 0 Å². The number of pyridine rings is 1. The minimum Gasteiger partial charge on any atom is -0.346 e. The third-order valence-electron chi connectivity index (χ3n) is 2.39. The van der Waals surface area contributed by atoms with Gasteiger partial charge in [-0.15, -0.1) is 11.3 Å². The minimum absolute atomic E-state index is 0.0188. The highest BCUT2D eigenvalue weighted by atomic mass is 35.5. The number of nitro groups is 1. The summed E-state index contributed by atoms with van der Waals surface area (Å²) in [5.41, 5.74) is 0.187. The van der Waals surface area contributed by atoms with Crippen LogP contribution >= 0.6 is 22.9 Å². The summed E-state index contributed by atoms with van der Waals surface area (Å²) in [5.74, 6) is -0.591. The molecule has 2 rings (SSSR count). The van der Waals surface area contributed by atoms with Gasteiger partial charge in [0.15, 0.2) is 0 Å². The van der Waals surface area contributed by atoms with Crippen molar-refractivity contribution < 1.29 is 9.72 Å². The maximum absolute atomic E-state index is 12.0. The van der Waals surface area contributed by atoms with Gasteiger partial charge < -0.3 is 5.32 Å². The first kappa shape index (κ1) is 14.4. The number of hydrogen-bond acceptors (Lipinski definition) is 6.